The van der Waals surface area contributed by atoms with Gasteiger partial charge in [0, 0.05) is 12.6 Å². The van der Waals surface area contributed by atoms with Gasteiger partial charge in [-0.2, -0.15) is 8.42 Å². The van der Waals surface area contributed by atoms with Gasteiger partial charge in [0.1, 0.15) is 17.1 Å². The number of hydrogen-bond donors (Lipinski definition) is 1. The number of esters is 1. The van der Waals surface area contributed by atoms with Crippen LogP contribution in [-0.4, -0.2) is 33.1 Å². The maximum Gasteiger partial charge on any atom is 0.341 e. The molecule has 0 aliphatic rings. The highest BCUT2D eigenvalue weighted by molar-refractivity contribution is 7.92. The van der Waals surface area contributed by atoms with E-state index in [1.54, 1.807) is 6.92 Å². The number of carbonyl (C=O) groups excluding carboxylic acids is 1. The number of anilines is 1. The van der Waals surface area contributed by atoms with E-state index in [0.29, 0.717) is 5.69 Å². The minimum atomic E-state index is -3.98. The molecule has 0 unspecified atom stereocenters. The Morgan fingerprint density at radius 3 is 2.43 bits per heavy atom. The van der Waals surface area contributed by atoms with Crippen molar-refractivity contribution in [3.63, 3.8) is 0 Å². The number of benzene rings is 1. The summed E-state index contributed by atoms with van der Waals surface area (Å²) in [6, 6.07) is 6.89. The first-order valence-corrected chi connectivity index (χ1v) is 8.25. The Balaban J connectivity index is 2.47. The fourth-order valence-corrected chi connectivity index (χ4v) is 3.57. The van der Waals surface area contributed by atoms with Gasteiger partial charge in [-0.05, 0) is 38.1 Å². The van der Waals surface area contributed by atoms with Crippen molar-refractivity contribution >= 4 is 21.7 Å². The number of sulfonamides is 1. The van der Waals surface area contributed by atoms with Gasteiger partial charge in [0.05, 0.1) is 12.8 Å². The average Bonchev–Trinajstić information content (AvgIpc) is 2.91. The zero-order valence-corrected chi connectivity index (χ0v) is 13.8. The number of methoxy groups -OCH3 is 1. The third-order valence-electron chi connectivity index (χ3n) is 3.27. The highest BCUT2D eigenvalue weighted by Gasteiger charge is 2.29. The molecule has 0 bridgehead atoms. The first-order chi connectivity index (χ1) is 10.8. The topological polar surface area (TPSA) is 97.1 Å². The van der Waals surface area contributed by atoms with E-state index in [2.05, 4.69) is 4.74 Å². The summed E-state index contributed by atoms with van der Waals surface area (Å²) in [5.41, 5.74) is 0.437. The predicted molar refractivity (Wildman–Crippen MR) is 83.1 cm³/mol. The van der Waals surface area contributed by atoms with E-state index in [9.17, 15) is 18.3 Å². The van der Waals surface area contributed by atoms with Gasteiger partial charge in [-0.25, -0.2) is 4.79 Å². The molecule has 0 radical (unpaired) electrons. The quantitative estimate of drug-likeness (QED) is 0.840. The van der Waals surface area contributed by atoms with Gasteiger partial charge >= 0.3 is 5.97 Å². The zero-order valence-electron chi connectivity index (χ0n) is 12.9. The first kappa shape index (κ1) is 16.9. The molecule has 1 aromatic carbocycles. The second kappa shape index (κ2) is 6.33. The van der Waals surface area contributed by atoms with Crippen molar-refractivity contribution in [3.8, 4) is 5.75 Å². The molecule has 0 amide bonds. The standard InChI is InChI=1S/C15H17NO6S/c1-4-16(11-5-7-12(17)8-6-11)23(19,20)14-9-13(10(2)22-14)15(18)21-3/h5-9,17H,4H2,1-3H3. The number of phenolic OH excluding ortho intramolecular Hbond substituents is 1. The molecule has 23 heavy (non-hydrogen) atoms. The fraction of sp³-hybridized carbons (Fsp3) is 0.267. The van der Waals surface area contributed by atoms with Gasteiger partial charge in [-0.3, -0.25) is 4.31 Å². The average molecular weight is 339 g/mol. The smallest absolute Gasteiger partial charge is 0.341 e. The van der Waals surface area contributed by atoms with Gasteiger partial charge < -0.3 is 14.3 Å². The summed E-state index contributed by atoms with van der Waals surface area (Å²) in [6.45, 7) is 3.31. The summed E-state index contributed by atoms with van der Waals surface area (Å²) in [6.07, 6.45) is 0. The van der Waals surface area contributed by atoms with Crippen LogP contribution in [-0.2, 0) is 14.8 Å². The zero-order chi connectivity index (χ0) is 17.2. The molecule has 0 aliphatic heterocycles. The van der Waals surface area contributed by atoms with Gasteiger partial charge in [-0.15, -0.1) is 0 Å². The summed E-state index contributed by atoms with van der Waals surface area (Å²) in [4.78, 5) is 11.6. The van der Waals surface area contributed by atoms with Crippen LogP contribution < -0.4 is 4.31 Å². The summed E-state index contributed by atoms with van der Waals surface area (Å²) < 4.78 is 36.4. The maximum absolute atomic E-state index is 12.7. The van der Waals surface area contributed by atoms with Crippen molar-refractivity contribution in [2.75, 3.05) is 18.0 Å². The van der Waals surface area contributed by atoms with Gasteiger partial charge in [-0.1, -0.05) is 0 Å². The van der Waals surface area contributed by atoms with Crippen LogP contribution >= 0.6 is 0 Å². The van der Waals surface area contributed by atoms with Crippen LogP contribution in [0.2, 0.25) is 0 Å². The molecule has 0 aliphatic carbocycles. The molecule has 1 aromatic heterocycles. The Kier molecular flexibility index (Phi) is 4.65. The third-order valence-corrected chi connectivity index (χ3v) is 5.03. The molecule has 0 saturated heterocycles. The van der Waals surface area contributed by atoms with Crippen molar-refractivity contribution in [2.24, 2.45) is 0 Å². The Labute approximate surface area is 134 Å². The number of rotatable bonds is 5. The number of aromatic hydroxyl groups is 1. The first-order valence-electron chi connectivity index (χ1n) is 6.81. The Hall–Kier alpha value is -2.48. The van der Waals surface area contributed by atoms with E-state index in [1.807, 2.05) is 0 Å². The summed E-state index contributed by atoms with van der Waals surface area (Å²) in [5.74, 6) is -0.471. The Morgan fingerprint density at radius 1 is 1.30 bits per heavy atom. The Bertz CT molecular complexity index is 807. The number of hydrogen-bond acceptors (Lipinski definition) is 6. The predicted octanol–water partition coefficient (Wildman–Crippen LogP) is 2.30. The van der Waals surface area contributed by atoms with E-state index < -0.39 is 16.0 Å². The number of aryl methyl sites for hydroxylation is 1. The van der Waals surface area contributed by atoms with Crippen molar-refractivity contribution in [3.05, 3.63) is 41.7 Å². The number of carbonyl (C=O) groups is 1. The minimum Gasteiger partial charge on any atom is -0.508 e. The number of furan rings is 1. The van der Waals surface area contributed by atoms with Crippen molar-refractivity contribution in [1.29, 1.82) is 0 Å². The molecular weight excluding hydrogens is 322 g/mol. The number of phenols is 1. The van der Waals surface area contributed by atoms with Crippen LogP contribution in [0.3, 0.4) is 0 Å². The molecule has 1 heterocycles. The molecule has 2 aromatic rings. The van der Waals surface area contributed by atoms with E-state index in [0.717, 1.165) is 10.4 Å². The summed E-state index contributed by atoms with van der Waals surface area (Å²) in [5, 5.41) is 8.98. The monoisotopic (exact) mass is 339 g/mol. The van der Waals surface area contributed by atoms with Crippen LogP contribution in [0.4, 0.5) is 5.69 Å². The molecule has 0 spiro atoms. The normalized spacial score (nSPS) is 11.3. The molecule has 7 nitrogen and oxygen atoms in total. The highest BCUT2D eigenvalue weighted by Crippen LogP contribution is 2.28. The van der Waals surface area contributed by atoms with Crippen LogP contribution in [0.5, 0.6) is 5.75 Å². The van der Waals surface area contributed by atoms with E-state index in [4.69, 9.17) is 4.42 Å². The summed E-state index contributed by atoms with van der Waals surface area (Å²) in [7, 11) is -2.78. The number of ether oxygens (including phenoxy) is 1. The maximum atomic E-state index is 12.7. The molecular formula is C15H17NO6S. The lowest BCUT2D eigenvalue weighted by Crippen LogP contribution is -2.30. The second-order valence-electron chi connectivity index (χ2n) is 4.71. The molecule has 124 valence electrons. The Morgan fingerprint density at radius 2 is 1.91 bits per heavy atom. The van der Waals surface area contributed by atoms with Crippen LogP contribution in [0, 0.1) is 6.92 Å². The van der Waals surface area contributed by atoms with Gasteiger partial charge in [0.2, 0.25) is 5.09 Å². The molecule has 0 saturated carbocycles. The lowest BCUT2D eigenvalue weighted by atomic mass is 10.3. The molecule has 0 fully saturated rings. The second-order valence-corrected chi connectivity index (χ2v) is 6.51. The van der Waals surface area contributed by atoms with Crippen LogP contribution in [0.25, 0.3) is 0 Å². The van der Waals surface area contributed by atoms with Crippen LogP contribution in [0.15, 0.2) is 39.8 Å². The van der Waals surface area contributed by atoms with E-state index in [1.165, 1.54) is 38.3 Å². The molecule has 1 N–H and O–H groups in total. The fourth-order valence-electron chi connectivity index (χ4n) is 2.11. The van der Waals surface area contributed by atoms with E-state index >= 15 is 0 Å². The van der Waals surface area contributed by atoms with Crippen molar-refractivity contribution < 1.29 is 27.5 Å². The third kappa shape index (κ3) is 3.16. The SMILES string of the molecule is CCN(c1ccc(O)cc1)S(=O)(=O)c1cc(C(=O)OC)c(C)o1. The molecule has 8 heteroatoms. The molecule has 2 rings (SSSR count). The van der Waals surface area contributed by atoms with Gasteiger partial charge in [0.25, 0.3) is 10.0 Å². The number of nitrogens with zero attached hydrogens (tertiary/aromatic N) is 1. The molecule has 0 atom stereocenters. The summed E-state index contributed by atoms with van der Waals surface area (Å²) >= 11 is 0. The van der Waals surface area contributed by atoms with Crippen molar-refractivity contribution in [1.82, 2.24) is 0 Å². The minimum absolute atomic E-state index is 0.0315. The van der Waals surface area contributed by atoms with Crippen molar-refractivity contribution in [2.45, 2.75) is 18.9 Å². The van der Waals surface area contributed by atoms with Crippen LogP contribution in [0.1, 0.15) is 23.0 Å². The van der Waals surface area contributed by atoms with Gasteiger partial charge in [0.15, 0.2) is 0 Å². The van der Waals surface area contributed by atoms with E-state index in [-0.39, 0.29) is 28.7 Å². The largest absolute Gasteiger partial charge is 0.508 e. The lowest BCUT2D eigenvalue weighted by molar-refractivity contribution is 0.0598. The highest BCUT2D eigenvalue weighted by atomic mass is 32.2. The lowest BCUT2D eigenvalue weighted by Gasteiger charge is -2.21.